The maximum atomic E-state index is 9.69. The smallest absolute Gasteiger partial charge is 0.161 e. The number of nitrogens with zero attached hydrogens (tertiary/aromatic N) is 5. The number of anilines is 1. The lowest BCUT2D eigenvalue weighted by Crippen LogP contribution is -2.39. The molecule has 0 saturated heterocycles. The number of aliphatic imine (C=N–C) groups is 1. The van der Waals surface area contributed by atoms with E-state index in [4.69, 9.17) is 4.98 Å². The van der Waals surface area contributed by atoms with Crippen LogP contribution in [0.3, 0.4) is 0 Å². The Labute approximate surface area is 181 Å². The normalized spacial score (nSPS) is 18.8. The van der Waals surface area contributed by atoms with Crippen molar-refractivity contribution >= 4 is 17.6 Å². The van der Waals surface area contributed by atoms with Crippen molar-refractivity contribution in [3.8, 4) is 22.5 Å². The van der Waals surface area contributed by atoms with Crippen molar-refractivity contribution in [2.45, 2.75) is 25.0 Å². The molecule has 1 aliphatic carbocycles. The molecule has 0 spiro atoms. The van der Waals surface area contributed by atoms with E-state index >= 15 is 0 Å². The first kappa shape index (κ1) is 20.7. The van der Waals surface area contributed by atoms with Gasteiger partial charge in [0.15, 0.2) is 5.82 Å². The van der Waals surface area contributed by atoms with Crippen LogP contribution in [-0.4, -0.2) is 57.3 Å². The summed E-state index contributed by atoms with van der Waals surface area (Å²) in [6.45, 7) is 0. The Morgan fingerprint density at radius 2 is 2.03 bits per heavy atom. The summed E-state index contributed by atoms with van der Waals surface area (Å²) >= 11 is 0. The van der Waals surface area contributed by atoms with Crippen molar-refractivity contribution in [3.63, 3.8) is 0 Å². The third-order valence-corrected chi connectivity index (χ3v) is 5.28. The van der Waals surface area contributed by atoms with Gasteiger partial charge in [-0.15, -0.1) is 0 Å². The van der Waals surface area contributed by atoms with E-state index in [0.29, 0.717) is 18.7 Å². The molecule has 1 fully saturated rings. The fourth-order valence-electron chi connectivity index (χ4n) is 3.63. The highest BCUT2D eigenvalue weighted by molar-refractivity contribution is 6.11. The van der Waals surface area contributed by atoms with Crippen molar-refractivity contribution in [2.75, 3.05) is 19.4 Å². The molecule has 2 heterocycles. The average Bonchev–Trinajstić information content (AvgIpc) is 3.19. The Balaban J connectivity index is 1.73. The van der Waals surface area contributed by atoms with Crippen LogP contribution in [0.25, 0.3) is 28.1 Å². The summed E-state index contributed by atoms with van der Waals surface area (Å²) < 4.78 is 1.79. The van der Waals surface area contributed by atoms with Crippen LogP contribution in [-0.2, 0) is 7.05 Å². The van der Waals surface area contributed by atoms with E-state index in [0.717, 1.165) is 33.6 Å². The van der Waals surface area contributed by atoms with E-state index in [1.54, 1.807) is 17.9 Å². The second kappa shape index (κ2) is 9.09. The van der Waals surface area contributed by atoms with Gasteiger partial charge in [0.2, 0.25) is 0 Å². The summed E-state index contributed by atoms with van der Waals surface area (Å²) in [5.41, 5.74) is 4.76. The molecule has 0 amide bonds. The minimum Gasteiger partial charge on any atom is -0.393 e. The molecule has 3 N–H and O–H groups in total. The molecule has 0 radical (unpaired) electrons. The van der Waals surface area contributed by atoms with Crippen LogP contribution >= 0.6 is 0 Å². The van der Waals surface area contributed by atoms with Gasteiger partial charge in [0.25, 0.3) is 0 Å². The highest BCUT2D eigenvalue weighted by Crippen LogP contribution is 2.30. The van der Waals surface area contributed by atoms with E-state index < -0.39 is 0 Å². The maximum Gasteiger partial charge on any atom is 0.161 e. The quantitative estimate of drug-likeness (QED) is 0.511. The number of aryl methyl sites for hydroxylation is 1. The molecule has 8 heteroatoms. The highest BCUT2D eigenvalue weighted by Gasteiger charge is 2.28. The molecule has 8 nitrogen and oxygen atoms in total. The van der Waals surface area contributed by atoms with Gasteiger partial charge in [0, 0.05) is 74.3 Å². The number of aromatic nitrogens is 4. The van der Waals surface area contributed by atoms with Gasteiger partial charge in [-0.1, -0.05) is 18.2 Å². The van der Waals surface area contributed by atoms with Gasteiger partial charge < -0.3 is 15.7 Å². The van der Waals surface area contributed by atoms with E-state index in [-0.39, 0.29) is 12.1 Å². The SMILES string of the molecule is CN=C/C(=C\NC)c1cnc(-c2cccc(-c3cnn(C)c3)c2)nc1NC1CC(O)C1. The number of hydrogen-bond donors (Lipinski definition) is 3. The molecule has 31 heavy (non-hydrogen) atoms. The number of rotatable bonds is 7. The Kier molecular flexibility index (Phi) is 6.08. The van der Waals surface area contributed by atoms with Gasteiger partial charge >= 0.3 is 0 Å². The summed E-state index contributed by atoms with van der Waals surface area (Å²) in [5.74, 6) is 1.36. The monoisotopic (exact) mass is 417 g/mol. The van der Waals surface area contributed by atoms with E-state index in [9.17, 15) is 5.11 Å². The zero-order valence-electron chi connectivity index (χ0n) is 17.9. The Morgan fingerprint density at radius 3 is 2.71 bits per heavy atom. The molecule has 3 aromatic rings. The second-order valence-corrected chi connectivity index (χ2v) is 7.68. The lowest BCUT2D eigenvalue weighted by Gasteiger charge is -2.33. The van der Waals surface area contributed by atoms with Crippen molar-refractivity contribution in [1.29, 1.82) is 0 Å². The lowest BCUT2D eigenvalue weighted by molar-refractivity contribution is 0.0835. The Hall–Kier alpha value is -3.52. The predicted molar refractivity (Wildman–Crippen MR) is 124 cm³/mol. The topological polar surface area (TPSA) is 100 Å². The molecule has 1 saturated carbocycles. The fraction of sp³-hybridized carbons (Fsp3) is 0.304. The largest absolute Gasteiger partial charge is 0.393 e. The number of aliphatic hydroxyl groups excluding tert-OH is 1. The molecule has 0 unspecified atom stereocenters. The number of nitrogens with one attached hydrogen (secondary N) is 2. The standard InChI is InChI=1S/C23H27N7O/c1-24-10-17(11-25-2)21-13-26-22(29-23(21)28-19-8-20(31)9-19)16-6-4-5-15(7-16)18-12-27-30(3)14-18/h4-7,10-14,19-20,24,31H,8-9H2,1-3H3,(H,26,28,29)/b17-10+,25-11?. The van der Waals surface area contributed by atoms with Crippen LogP contribution in [0.2, 0.25) is 0 Å². The van der Waals surface area contributed by atoms with Gasteiger partial charge in [0.1, 0.15) is 5.82 Å². The molecule has 0 bridgehead atoms. The number of benzene rings is 1. The first-order valence-corrected chi connectivity index (χ1v) is 10.3. The van der Waals surface area contributed by atoms with Gasteiger partial charge in [-0.2, -0.15) is 5.10 Å². The van der Waals surface area contributed by atoms with E-state index in [2.05, 4.69) is 37.8 Å². The van der Waals surface area contributed by atoms with E-state index in [1.807, 2.05) is 51.0 Å². The van der Waals surface area contributed by atoms with Crippen molar-refractivity contribution in [3.05, 3.63) is 54.6 Å². The molecule has 1 aliphatic rings. The van der Waals surface area contributed by atoms with Gasteiger partial charge in [0.05, 0.1) is 12.3 Å². The minimum atomic E-state index is -0.247. The van der Waals surface area contributed by atoms with Crippen LogP contribution < -0.4 is 10.6 Å². The van der Waals surface area contributed by atoms with Crippen molar-refractivity contribution < 1.29 is 5.11 Å². The van der Waals surface area contributed by atoms with Crippen LogP contribution in [0.1, 0.15) is 18.4 Å². The lowest BCUT2D eigenvalue weighted by atomic mass is 9.89. The second-order valence-electron chi connectivity index (χ2n) is 7.68. The minimum absolute atomic E-state index is 0.188. The summed E-state index contributed by atoms with van der Waals surface area (Å²) in [6, 6.07) is 8.31. The first-order valence-electron chi connectivity index (χ1n) is 10.3. The van der Waals surface area contributed by atoms with Crippen LogP contribution in [0.15, 0.2) is 54.0 Å². The predicted octanol–water partition coefficient (Wildman–Crippen LogP) is 2.74. The third-order valence-electron chi connectivity index (χ3n) is 5.28. The molecule has 1 aromatic carbocycles. The summed E-state index contributed by atoms with van der Waals surface area (Å²) in [5, 5.41) is 20.5. The first-order chi connectivity index (χ1) is 15.1. The van der Waals surface area contributed by atoms with Gasteiger partial charge in [-0.05, 0) is 24.5 Å². The molecule has 0 aliphatic heterocycles. The summed E-state index contributed by atoms with van der Waals surface area (Å²) in [7, 11) is 5.48. The van der Waals surface area contributed by atoms with Crippen LogP contribution in [0.5, 0.6) is 0 Å². The van der Waals surface area contributed by atoms with Crippen LogP contribution in [0, 0.1) is 0 Å². The zero-order valence-corrected chi connectivity index (χ0v) is 17.9. The summed E-state index contributed by atoms with van der Waals surface area (Å²) in [6.07, 6.45) is 10.5. The molecule has 4 rings (SSSR count). The molecule has 2 aromatic heterocycles. The molecular weight excluding hydrogens is 390 g/mol. The third kappa shape index (κ3) is 4.64. The Morgan fingerprint density at radius 1 is 1.23 bits per heavy atom. The van der Waals surface area contributed by atoms with Gasteiger partial charge in [-0.25, -0.2) is 9.97 Å². The average molecular weight is 418 g/mol. The Bertz CT molecular complexity index is 1110. The molecule has 160 valence electrons. The number of aliphatic hydroxyl groups is 1. The zero-order chi connectivity index (χ0) is 21.8. The highest BCUT2D eigenvalue weighted by atomic mass is 16.3. The van der Waals surface area contributed by atoms with Crippen LogP contribution in [0.4, 0.5) is 5.82 Å². The number of allylic oxidation sites excluding steroid dienone is 1. The molecule has 0 atom stereocenters. The molecular formula is C23H27N7O. The van der Waals surface area contributed by atoms with Crippen molar-refractivity contribution in [1.82, 2.24) is 25.1 Å². The van der Waals surface area contributed by atoms with E-state index in [1.165, 1.54) is 0 Å². The number of hydrogen-bond acceptors (Lipinski definition) is 7. The fourth-order valence-corrected chi connectivity index (χ4v) is 3.63. The van der Waals surface area contributed by atoms with Crippen molar-refractivity contribution in [2.24, 2.45) is 12.0 Å². The summed E-state index contributed by atoms with van der Waals surface area (Å²) in [4.78, 5) is 13.7. The maximum absolute atomic E-state index is 9.69. The van der Waals surface area contributed by atoms with Gasteiger partial charge in [-0.3, -0.25) is 9.67 Å².